The van der Waals surface area contributed by atoms with Crippen LogP contribution < -0.4 is 10.5 Å². The molecular formula is C17H15N5OS2. The third-order valence-corrected chi connectivity index (χ3v) is 6.70. The van der Waals surface area contributed by atoms with Gasteiger partial charge in [-0.05, 0) is 36.3 Å². The Balaban J connectivity index is 1.57. The van der Waals surface area contributed by atoms with Gasteiger partial charge < -0.3 is 9.88 Å². The summed E-state index contributed by atoms with van der Waals surface area (Å²) in [7, 11) is 1.98. The van der Waals surface area contributed by atoms with Crippen LogP contribution in [-0.2, 0) is 19.4 Å². The van der Waals surface area contributed by atoms with Crippen molar-refractivity contribution in [3.63, 3.8) is 0 Å². The Hall–Kier alpha value is -2.32. The van der Waals surface area contributed by atoms with E-state index in [1.807, 2.05) is 23.4 Å². The van der Waals surface area contributed by atoms with Crippen LogP contribution >= 0.6 is 22.7 Å². The number of H-pyrrole nitrogens is 1. The fourth-order valence-electron chi connectivity index (χ4n) is 3.50. The monoisotopic (exact) mass is 369 g/mol. The summed E-state index contributed by atoms with van der Waals surface area (Å²) in [6.07, 6.45) is 5.07. The van der Waals surface area contributed by atoms with E-state index < -0.39 is 0 Å². The van der Waals surface area contributed by atoms with E-state index in [4.69, 9.17) is 0 Å². The Labute approximate surface area is 151 Å². The molecule has 0 atom stereocenters. The predicted molar refractivity (Wildman–Crippen MR) is 102 cm³/mol. The summed E-state index contributed by atoms with van der Waals surface area (Å²) < 4.78 is 0.673. The van der Waals surface area contributed by atoms with Gasteiger partial charge in [-0.1, -0.05) is 0 Å². The number of thiophene rings is 2. The highest BCUT2D eigenvalue weighted by atomic mass is 32.1. The molecule has 0 aliphatic heterocycles. The van der Waals surface area contributed by atoms with Crippen LogP contribution in [0.4, 0.5) is 5.82 Å². The molecule has 0 radical (unpaired) electrons. The molecule has 4 aromatic heterocycles. The Morgan fingerprint density at radius 2 is 2.24 bits per heavy atom. The molecule has 126 valence electrons. The number of aromatic nitrogens is 4. The van der Waals surface area contributed by atoms with Crippen molar-refractivity contribution in [2.24, 2.45) is 0 Å². The number of fused-ring (bicyclic) bond motifs is 4. The van der Waals surface area contributed by atoms with Gasteiger partial charge >= 0.3 is 0 Å². The van der Waals surface area contributed by atoms with Gasteiger partial charge in [-0.2, -0.15) is 0 Å². The van der Waals surface area contributed by atoms with Gasteiger partial charge in [-0.25, -0.2) is 15.0 Å². The Morgan fingerprint density at radius 3 is 3.16 bits per heavy atom. The minimum atomic E-state index is -0.0762. The van der Waals surface area contributed by atoms with Gasteiger partial charge in [0, 0.05) is 11.9 Å². The van der Waals surface area contributed by atoms with Crippen molar-refractivity contribution >= 4 is 48.9 Å². The molecule has 4 heterocycles. The lowest BCUT2D eigenvalue weighted by Crippen LogP contribution is -2.22. The lowest BCUT2D eigenvalue weighted by molar-refractivity contribution is 0.828. The van der Waals surface area contributed by atoms with Crippen molar-refractivity contribution < 1.29 is 0 Å². The number of hydrogen-bond donors (Lipinski definition) is 1. The molecular weight excluding hydrogens is 354 g/mol. The van der Waals surface area contributed by atoms with Crippen LogP contribution in [0.3, 0.4) is 0 Å². The number of nitrogens with one attached hydrogen (secondary N) is 1. The molecule has 0 unspecified atom stereocenters. The molecule has 6 nitrogen and oxygen atoms in total. The summed E-state index contributed by atoms with van der Waals surface area (Å²) in [5, 5.41) is 3.06. The first-order valence-electron chi connectivity index (χ1n) is 8.13. The van der Waals surface area contributed by atoms with Gasteiger partial charge in [-0.3, -0.25) is 4.79 Å². The number of aryl methyl sites for hydroxylation is 2. The Morgan fingerprint density at radius 1 is 1.32 bits per heavy atom. The van der Waals surface area contributed by atoms with Crippen molar-refractivity contribution in [1.82, 2.24) is 19.9 Å². The van der Waals surface area contributed by atoms with Crippen LogP contribution in [-0.4, -0.2) is 27.0 Å². The van der Waals surface area contributed by atoms with Crippen LogP contribution in [0.1, 0.15) is 22.7 Å². The van der Waals surface area contributed by atoms with E-state index >= 15 is 0 Å². The van der Waals surface area contributed by atoms with E-state index in [1.54, 1.807) is 17.7 Å². The van der Waals surface area contributed by atoms with Crippen molar-refractivity contribution in [2.75, 3.05) is 11.9 Å². The first-order valence-corrected chi connectivity index (χ1v) is 9.83. The maximum Gasteiger partial charge on any atom is 0.268 e. The summed E-state index contributed by atoms with van der Waals surface area (Å²) in [6.45, 7) is 0.498. The standard InChI is InChI=1S/C17H15N5OS2/c1-22(7-12-20-10-5-6-24-14(10)16(23)21-12)15-13-9-3-2-4-11(9)25-17(13)19-8-18-15/h5-6,8H,2-4,7H2,1H3,(H,20,21,23). The molecule has 0 saturated heterocycles. The number of nitrogens with zero attached hydrogens (tertiary/aromatic N) is 4. The van der Waals surface area contributed by atoms with Crippen molar-refractivity contribution in [3.05, 3.63) is 44.4 Å². The highest BCUT2D eigenvalue weighted by Gasteiger charge is 2.22. The van der Waals surface area contributed by atoms with Gasteiger partial charge in [-0.15, -0.1) is 22.7 Å². The molecule has 0 spiro atoms. The zero-order chi connectivity index (χ0) is 17.0. The molecule has 0 fully saturated rings. The molecule has 0 bridgehead atoms. The normalized spacial score (nSPS) is 13.6. The van der Waals surface area contributed by atoms with Gasteiger partial charge in [0.2, 0.25) is 0 Å². The largest absolute Gasteiger partial charge is 0.352 e. The summed E-state index contributed by atoms with van der Waals surface area (Å²) in [5.74, 6) is 1.56. The number of rotatable bonds is 3. The van der Waals surface area contributed by atoms with Crippen LogP contribution in [0.5, 0.6) is 0 Å². The van der Waals surface area contributed by atoms with E-state index in [2.05, 4.69) is 19.9 Å². The zero-order valence-corrected chi connectivity index (χ0v) is 15.2. The fraction of sp³-hybridized carbons (Fsp3) is 0.294. The molecule has 0 amide bonds. The predicted octanol–water partition coefficient (Wildman–Crippen LogP) is 3.11. The molecule has 0 saturated carbocycles. The maximum atomic E-state index is 12.2. The van der Waals surface area contributed by atoms with Gasteiger partial charge in [0.25, 0.3) is 5.56 Å². The third-order valence-electron chi connectivity index (χ3n) is 4.59. The quantitative estimate of drug-likeness (QED) is 0.601. The average molecular weight is 369 g/mol. The molecule has 1 aliphatic rings. The Kier molecular flexibility index (Phi) is 3.36. The number of aromatic amines is 1. The molecule has 0 aromatic carbocycles. The zero-order valence-electron chi connectivity index (χ0n) is 13.6. The van der Waals surface area contributed by atoms with E-state index in [0.717, 1.165) is 29.0 Å². The first kappa shape index (κ1) is 15.0. The summed E-state index contributed by atoms with van der Waals surface area (Å²) in [6, 6.07) is 1.88. The van der Waals surface area contributed by atoms with Gasteiger partial charge in [0.1, 0.15) is 27.5 Å². The van der Waals surface area contributed by atoms with Gasteiger partial charge in [0.15, 0.2) is 0 Å². The minimum absolute atomic E-state index is 0.0762. The van der Waals surface area contributed by atoms with Crippen molar-refractivity contribution in [1.29, 1.82) is 0 Å². The van der Waals surface area contributed by atoms with E-state index in [-0.39, 0.29) is 5.56 Å². The fourth-order valence-corrected chi connectivity index (χ4v) is 5.45. The van der Waals surface area contributed by atoms with E-state index in [1.165, 1.54) is 33.6 Å². The van der Waals surface area contributed by atoms with E-state index in [9.17, 15) is 4.79 Å². The highest BCUT2D eigenvalue weighted by molar-refractivity contribution is 7.19. The van der Waals surface area contributed by atoms with Gasteiger partial charge in [0.05, 0.1) is 17.4 Å². The molecule has 25 heavy (non-hydrogen) atoms. The summed E-state index contributed by atoms with van der Waals surface area (Å²) in [4.78, 5) is 33.2. The molecule has 4 aromatic rings. The average Bonchev–Trinajstić information content (AvgIpc) is 3.29. The second-order valence-corrected chi connectivity index (χ2v) is 8.24. The topological polar surface area (TPSA) is 74.8 Å². The highest BCUT2D eigenvalue weighted by Crippen LogP contribution is 2.40. The van der Waals surface area contributed by atoms with Crippen LogP contribution in [0.15, 0.2) is 22.6 Å². The third kappa shape index (κ3) is 2.36. The number of anilines is 1. The smallest absolute Gasteiger partial charge is 0.268 e. The summed E-state index contributed by atoms with van der Waals surface area (Å²) in [5.41, 5.74) is 2.08. The first-order chi connectivity index (χ1) is 12.2. The molecule has 8 heteroatoms. The SMILES string of the molecule is CN(Cc1nc2ccsc2c(=O)[nH]1)c1ncnc2sc3c(c12)CCC3. The van der Waals surface area contributed by atoms with Crippen LogP contribution in [0.25, 0.3) is 20.4 Å². The maximum absolute atomic E-state index is 12.2. The van der Waals surface area contributed by atoms with Crippen molar-refractivity contribution in [2.45, 2.75) is 25.8 Å². The van der Waals surface area contributed by atoms with Crippen LogP contribution in [0, 0.1) is 0 Å². The second kappa shape index (κ2) is 5.60. The lowest BCUT2D eigenvalue weighted by atomic mass is 10.2. The second-order valence-electron chi connectivity index (χ2n) is 6.24. The lowest BCUT2D eigenvalue weighted by Gasteiger charge is -2.18. The molecule has 1 N–H and O–H groups in total. The Bertz CT molecular complexity index is 1160. The van der Waals surface area contributed by atoms with Crippen LogP contribution in [0.2, 0.25) is 0 Å². The minimum Gasteiger partial charge on any atom is -0.352 e. The van der Waals surface area contributed by atoms with E-state index in [0.29, 0.717) is 17.1 Å². The number of hydrogen-bond acceptors (Lipinski definition) is 7. The molecule has 5 rings (SSSR count). The molecule has 1 aliphatic carbocycles. The summed E-state index contributed by atoms with van der Waals surface area (Å²) >= 11 is 3.20. The van der Waals surface area contributed by atoms with Crippen molar-refractivity contribution in [3.8, 4) is 0 Å².